The van der Waals surface area contributed by atoms with Gasteiger partial charge in [0.1, 0.15) is 18.4 Å². The number of ether oxygens (including phenoxy) is 1. The number of hydrogen-bond acceptors (Lipinski definition) is 11. The Kier molecular flexibility index (Phi) is 13.0. The topological polar surface area (TPSA) is 162 Å². The van der Waals surface area contributed by atoms with E-state index in [2.05, 4.69) is 26.5 Å². The molecule has 0 spiro atoms. The van der Waals surface area contributed by atoms with E-state index >= 15 is 0 Å². The number of aromatic nitrogens is 1. The number of anilines is 3. The van der Waals surface area contributed by atoms with Crippen LogP contribution >= 0.6 is 11.3 Å². The minimum Gasteiger partial charge on any atom is -0.492 e. The van der Waals surface area contributed by atoms with Gasteiger partial charge in [-0.3, -0.25) is 43.9 Å². The summed E-state index contributed by atoms with van der Waals surface area (Å²) in [4.78, 5) is 90.7. The Hall–Kier alpha value is -6.71. The maximum Gasteiger partial charge on any atom is 0.264 e. The molecule has 4 aliphatic heterocycles. The van der Waals surface area contributed by atoms with E-state index in [9.17, 15) is 28.8 Å². The highest BCUT2D eigenvalue weighted by atomic mass is 32.1. The summed E-state index contributed by atoms with van der Waals surface area (Å²) in [7, 11) is 0. The molecule has 2 fully saturated rings. The SMILES string of the molecule is CC.Cc1ccccc1C(=O)N1CCc2cc(-c3nc(NC(=O)Cc4cccc(OCCN5CCN(c6cccc7c6C(=O)N(C6CCC(=O)NC6=O)C7=O)CC5)c4)sc3C)ccc21. The average molecular weight is 882 g/mol. The van der Waals surface area contributed by atoms with Gasteiger partial charge in [-0.1, -0.05) is 56.3 Å². The molecule has 0 saturated carbocycles. The summed E-state index contributed by atoms with van der Waals surface area (Å²) in [5.74, 6) is -1.57. The first-order valence-corrected chi connectivity index (χ1v) is 22.7. The van der Waals surface area contributed by atoms with Crippen LogP contribution in [-0.2, 0) is 27.2 Å². The molecule has 0 radical (unpaired) electrons. The maximum absolute atomic E-state index is 13.6. The van der Waals surface area contributed by atoms with E-state index in [0.29, 0.717) is 73.6 Å². The Labute approximate surface area is 376 Å². The summed E-state index contributed by atoms with van der Waals surface area (Å²) in [6.07, 6.45) is 1.09. The molecule has 14 nitrogen and oxygen atoms in total. The number of imide groups is 2. The van der Waals surface area contributed by atoms with Gasteiger partial charge in [-0.2, -0.15) is 0 Å². The summed E-state index contributed by atoms with van der Waals surface area (Å²) in [5, 5.41) is 5.75. The monoisotopic (exact) mass is 881 g/mol. The van der Waals surface area contributed by atoms with Crippen molar-refractivity contribution < 1.29 is 33.5 Å². The van der Waals surface area contributed by atoms with Crippen LogP contribution in [0.2, 0.25) is 0 Å². The number of thiazole rings is 1. The molecule has 0 bridgehead atoms. The minimum absolute atomic E-state index is 0.00575. The highest BCUT2D eigenvalue weighted by molar-refractivity contribution is 7.16. The number of rotatable bonds is 11. The fourth-order valence-electron chi connectivity index (χ4n) is 8.80. The lowest BCUT2D eigenvalue weighted by atomic mass is 10.0. The lowest BCUT2D eigenvalue weighted by Crippen LogP contribution is -2.54. The Morgan fingerprint density at radius 2 is 1.62 bits per heavy atom. The zero-order chi connectivity index (χ0) is 45.1. The molecule has 1 aromatic heterocycles. The first kappa shape index (κ1) is 43.9. The van der Waals surface area contributed by atoms with Crippen molar-refractivity contribution in [2.45, 2.75) is 59.4 Å². The van der Waals surface area contributed by atoms with Gasteiger partial charge in [-0.25, -0.2) is 4.98 Å². The summed E-state index contributed by atoms with van der Waals surface area (Å²) < 4.78 is 6.12. The molecule has 1 unspecified atom stereocenters. The summed E-state index contributed by atoms with van der Waals surface area (Å²) in [6.45, 7) is 12.4. The number of nitrogens with zero attached hydrogens (tertiary/aromatic N) is 5. The zero-order valence-corrected chi connectivity index (χ0v) is 37.3. The van der Waals surface area contributed by atoms with E-state index < -0.39 is 29.7 Å². The average Bonchev–Trinajstić information content (AvgIpc) is 3.97. The lowest BCUT2D eigenvalue weighted by molar-refractivity contribution is -0.136. The number of fused-ring (bicyclic) bond motifs is 2. The number of piperidine rings is 1. The number of carbonyl (C=O) groups excluding carboxylic acids is 6. The lowest BCUT2D eigenvalue weighted by Gasteiger charge is -2.36. The molecule has 5 heterocycles. The van der Waals surface area contributed by atoms with E-state index in [1.807, 2.05) is 99.3 Å². The molecule has 2 N–H and O–H groups in total. The fraction of sp³-hybridized carbons (Fsp3) is 0.327. The van der Waals surface area contributed by atoms with Crippen LogP contribution in [0, 0.1) is 13.8 Å². The van der Waals surface area contributed by atoms with Crippen molar-refractivity contribution in [3.8, 4) is 17.0 Å². The smallest absolute Gasteiger partial charge is 0.264 e. The third kappa shape index (κ3) is 8.90. The van der Waals surface area contributed by atoms with Crippen LogP contribution in [0.1, 0.15) is 79.3 Å². The van der Waals surface area contributed by atoms with Gasteiger partial charge in [0.05, 0.1) is 28.9 Å². The number of aryl methyl sites for hydroxylation is 2. The van der Waals surface area contributed by atoms with E-state index in [1.54, 1.807) is 12.1 Å². The number of benzene rings is 4. The van der Waals surface area contributed by atoms with Gasteiger partial charge in [-0.05, 0) is 85.8 Å². The molecule has 9 rings (SSSR count). The van der Waals surface area contributed by atoms with Gasteiger partial charge < -0.3 is 19.9 Å². The molecular weight excluding hydrogens is 831 g/mol. The van der Waals surface area contributed by atoms with Crippen LogP contribution in [0.25, 0.3) is 11.3 Å². The predicted octanol–water partition coefficient (Wildman–Crippen LogP) is 6.44. The van der Waals surface area contributed by atoms with E-state index in [0.717, 1.165) is 49.8 Å². The Morgan fingerprint density at radius 1 is 0.844 bits per heavy atom. The number of nitrogens with one attached hydrogen (secondary N) is 2. The third-order valence-electron chi connectivity index (χ3n) is 12.0. The summed E-state index contributed by atoms with van der Waals surface area (Å²) in [6, 6.07) is 25.4. The summed E-state index contributed by atoms with van der Waals surface area (Å²) >= 11 is 1.43. The van der Waals surface area contributed by atoms with Crippen LogP contribution in [-0.4, -0.2) is 102 Å². The molecule has 15 heteroatoms. The van der Waals surface area contributed by atoms with E-state index in [1.165, 1.54) is 11.3 Å². The van der Waals surface area contributed by atoms with Gasteiger partial charge in [0.25, 0.3) is 17.7 Å². The van der Waals surface area contributed by atoms with Crippen LogP contribution < -0.4 is 25.2 Å². The van der Waals surface area contributed by atoms with Crippen molar-refractivity contribution in [2.75, 3.05) is 61.0 Å². The first-order valence-electron chi connectivity index (χ1n) is 21.8. The standard InChI is InChI=1S/C47H45N7O7S.C2H6/c1-28-7-3-4-10-34(28)44(58)53-18-17-31-27-32(13-14-36(31)53)42-29(2)62-47(50-42)49-40(56)26-30-8-5-9-33(25-30)61-24-23-51-19-21-52(22-20-51)37-12-6-11-35-41(37)46(60)54(45(35)59)38-15-16-39(55)48-43(38)57;1-2/h3-14,25,27,38H,15-24,26H2,1-2H3,(H,48,55,57)(H,49,50,56);1-2H3. The van der Waals surface area contributed by atoms with Gasteiger partial charge in [-0.15, -0.1) is 11.3 Å². The molecule has 1 atom stereocenters. The van der Waals surface area contributed by atoms with Crippen LogP contribution in [0.4, 0.5) is 16.5 Å². The van der Waals surface area contributed by atoms with Crippen molar-refractivity contribution in [2.24, 2.45) is 0 Å². The number of hydrogen-bond donors (Lipinski definition) is 2. The van der Waals surface area contributed by atoms with Gasteiger partial charge >= 0.3 is 0 Å². The Balaban J connectivity index is 0.00000276. The quantitative estimate of drug-likeness (QED) is 0.141. The molecule has 5 aromatic rings. The molecule has 2 saturated heterocycles. The molecule has 4 aromatic carbocycles. The summed E-state index contributed by atoms with van der Waals surface area (Å²) in [5.41, 5.74) is 7.49. The van der Waals surface area contributed by atoms with E-state index in [-0.39, 0.29) is 36.6 Å². The third-order valence-corrected chi connectivity index (χ3v) is 12.9. The van der Waals surface area contributed by atoms with Crippen molar-refractivity contribution in [1.82, 2.24) is 20.1 Å². The molecule has 330 valence electrons. The number of amides is 6. The predicted molar refractivity (Wildman–Crippen MR) is 246 cm³/mol. The number of carbonyl (C=O) groups is 6. The maximum atomic E-state index is 13.6. The van der Waals surface area contributed by atoms with Crippen LogP contribution in [0.15, 0.2) is 84.9 Å². The largest absolute Gasteiger partial charge is 0.492 e. The second-order valence-corrected chi connectivity index (χ2v) is 17.2. The van der Waals surface area contributed by atoms with E-state index in [4.69, 9.17) is 9.72 Å². The van der Waals surface area contributed by atoms with Gasteiger partial charge in [0.15, 0.2) is 5.13 Å². The molecule has 64 heavy (non-hydrogen) atoms. The number of piperazine rings is 1. The van der Waals surface area contributed by atoms with Crippen LogP contribution in [0.3, 0.4) is 0 Å². The molecular formula is C49H51N7O7S. The fourth-order valence-corrected chi connectivity index (χ4v) is 9.65. The normalized spacial score (nSPS) is 17.1. The van der Waals surface area contributed by atoms with Crippen molar-refractivity contribution in [3.05, 3.63) is 123 Å². The van der Waals surface area contributed by atoms with Gasteiger partial charge in [0, 0.05) is 67.4 Å². The Bertz CT molecular complexity index is 2650. The highest BCUT2D eigenvalue weighted by Crippen LogP contribution is 2.37. The second-order valence-electron chi connectivity index (χ2n) is 16.0. The molecule has 6 amide bonds. The van der Waals surface area contributed by atoms with Gasteiger partial charge in [0.2, 0.25) is 17.7 Å². The zero-order valence-electron chi connectivity index (χ0n) is 36.4. The molecule has 4 aliphatic rings. The van der Waals surface area contributed by atoms with Crippen LogP contribution in [0.5, 0.6) is 5.75 Å². The minimum atomic E-state index is -1.01. The van der Waals surface area contributed by atoms with Crippen molar-refractivity contribution in [3.63, 3.8) is 0 Å². The van der Waals surface area contributed by atoms with Crippen molar-refractivity contribution in [1.29, 1.82) is 0 Å². The van der Waals surface area contributed by atoms with Crippen molar-refractivity contribution >= 4 is 63.3 Å². The first-order chi connectivity index (χ1) is 31.0. The molecule has 0 aliphatic carbocycles. The highest BCUT2D eigenvalue weighted by Gasteiger charge is 2.46. The Morgan fingerprint density at radius 3 is 2.41 bits per heavy atom. The second kappa shape index (κ2) is 19.0.